The number of aromatic nitrogens is 1. The van der Waals surface area contributed by atoms with E-state index < -0.39 is 0 Å². The Morgan fingerprint density at radius 3 is 2.34 bits per heavy atom. The number of piperidine rings is 1. The van der Waals surface area contributed by atoms with Crippen LogP contribution in [0.15, 0.2) is 66.9 Å². The predicted molar refractivity (Wildman–Crippen MR) is 125 cm³/mol. The molecular weight excluding hydrogens is 428 g/mol. The van der Waals surface area contributed by atoms with Crippen LogP contribution in [0.4, 0.5) is 17.2 Å². The molecule has 164 valence electrons. The van der Waals surface area contributed by atoms with Gasteiger partial charge in [-0.15, -0.1) is 0 Å². The number of carbonyl (C=O) groups is 2. The number of rotatable bonds is 5. The quantitative estimate of drug-likeness (QED) is 0.541. The first-order valence-electron chi connectivity index (χ1n) is 10.4. The van der Waals surface area contributed by atoms with Crippen molar-refractivity contribution in [2.75, 3.05) is 28.6 Å². The third kappa shape index (κ3) is 5.25. The van der Waals surface area contributed by atoms with Gasteiger partial charge in [0.15, 0.2) is 0 Å². The number of hydrogen-bond donors (Lipinski definition) is 3. The SMILES string of the molecule is O=C(Nc1ccc(Cl)c(NC(=O)c2ccccc2)c1)c1ccc(N2CCC(O)CC2)nc1. The molecule has 0 bridgehead atoms. The van der Waals surface area contributed by atoms with Gasteiger partial charge in [-0.25, -0.2) is 4.98 Å². The second-order valence-electron chi connectivity index (χ2n) is 7.59. The maximum atomic E-state index is 12.7. The predicted octanol–water partition coefficient (Wildman–Crippen LogP) is 4.20. The van der Waals surface area contributed by atoms with Crippen LogP contribution in [0.2, 0.25) is 5.02 Å². The van der Waals surface area contributed by atoms with Gasteiger partial charge >= 0.3 is 0 Å². The summed E-state index contributed by atoms with van der Waals surface area (Å²) < 4.78 is 0. The van der Waals surface area contributed by atoms with Crippen LogP contribution >= 0.6 is 11.6 Å². The van der Waals surface area contributed by atoms with Gasteiger partial charge in [0.2, 0.25) is 0 Å². The first-order valence-corrected chi connectivity index (χ1v) is 10.7. The van der Waals surface area contributed by atoms with E-state index in [0.717, 1.165) is 18.9 Å². The topological polar surface area (TPSA) is 94.6 Å². The maximum Gasteiger partial charge on any atom is 0.257 e. The first-order chi connectivity index (χ1) is 15.5. The van der Waals surface area contributed by atoms with Crippen molar-refractivity contribution in [1.82, 2.24) is 4.98 Å². The van der Waals surface area contributed by atoms with Gasteiger partial charge in [0.25, 0.3) is 11.8 Å². The van der Waals surface area contributed by atoms with Crippen LogP contribution in [0.5, 0.6) is 0 Å². The molecule has 32 heavy (non-hydrogen) atoms. The summed E-state index contributed by atoms with van der Waals surface area (Å²) in [4.78, 5) is 31.6. The van der Waals surface area contributed by atoms with Crippen LogP contribution in [0.25, 0.3) is 0 Å². The Bertz CT molecular complexity index is 1100. The lowest BCUT2D eigenvalue weighted by Crippen LogP contribution is -2.36. The molecule has 1 aromatic heterocycles. The highest BCUT2D eigenvalue weighted by Gasteiger charge is 2.18. The molecule has 3 N–H and O–H groups in total. The Hall–Kier alpha value is -3.42. The molecule has 1 aliphatic rings. The van der Waals surface area contributed by atoms with E-state index in [4.69, 9.17) is 11.6 Å². The molecule has 2 heterocycles. The Morgan fingerprint density at radius 1 is 0.938 bits per heavy atom. The molecule has 1 aliphatic heterocycles. The van der Waals surface area contributed by atoms with E-state index in [-0.39, 0.29) is 17.9 Å². The highest BCUT2D eigenvalue weighted by molar-refractivity contribution is 6.34. The standard InChI is InChI=1S/C24H23ClN4O3/c25-20-8-7-18(14-21(20)28-23(31)16-4-2-1-3-5-16)27-24(32)17-6-9-22(26-15-17)29-12-10-19(30)11-13-29/h1-9,14-15,19,30H,10-13H2,(H,27,32)(H,28,31). The van der Waals surface area contributed by atoms with Crippen LogP contribution in [-0.4, -0.2) is 41.1 Å². The molecule has 3 aromatic rings. The largest absolute Gasteiger partial charge is 0.393 e. The lowest BCUT2D eigenvalue weighted by molar-refractivity contribution is 0.101. The number of amides is 2. The second-order valence-corrected chi connectivity index (χ2v) is 8.00. The normalized spacial score (nSPS) is 14.1. The number of halogens is 1. The van der Waals surface area contributed by atoms with Gasteiger partial charge in [-0.3, -0.25) is 9.59 Å². The molecule has 8 heteroatoms. The van der Waals surface area contributed by atoms with Gasteiger partial charge in [-0.05, 0) is 55.3 Å². The van der Waals surface area contributed by atoms with E-state index in [9.17, 15) is 14.7 Å². The average Bonchev–Trinajstić information content (AvgIpc) is 2.82. The van der Waals surface area contributed by atoms with E-state index >= 15 is 0 Å². The van der Waals surface area contributed by atoms with Crippen molar-refractivity contribution in [3.8, 4) is 0 Å². The Labute approximate surface area is 191 Å². The van der Waals surface area contributed by atoms with Crippen molar-refractivity contribution in [3.05, 3.63) is 83.0 Å². The summed E-state index contributed by atoms with van der Waals surface area (Å²) in [6.45, 7) is 1.48. The van der Waals surface area contributed by atoms with Gasteiger partial charge in [0.05, 0.1) is 22.4 Å². The molecule has 2 aromatic carbocycles. The number of carbonyl (C=O) groups excluding carboxylic acids is 2. The zero-order valence-electron chi connectivity index (χ0n) is 17.3. The summed E-state index contributed by atoms with van der Waals surface area (Å²) in [5, 5.41) is 15.6. The molecule has 0 radical (unpaired) electrons. The monoisotopic (exact) mass is 450 g/mol. The number of benzene rings is 2. The molecular formula is C24H23ClN4O3. The number of aliphatic hydroxyl groups is 1. The Balaban J connectivity index is 1.42. The summed E-state index contributed by atoms with van der Waals surface area (Å²) in [6.07, 6.45) is 2.70. The van der Waals surface area contributed by atoms with E-state index in [1.165, 1.54) is 6.20 Å². The van der Waals surface area contributed by atoms with Crippen molar-refractivity contribution >= 4 is 40.6 Å². The third-order valence-electron chi connectivity index (χ3n) is 5.31. The minimum Gasteiger partial charge on any atom is -0.393 e. The Kier molecular flexibility index (Phi) is 6.68. The van der Waals surface area contributed by atoms with Gasteiger partial charge in [0.1, 0.15) is 5.82 Å². The summed E-state index contributed by atoms with van der Waals surface area (Å²) in [5.41, 5.74) is 1.82. The lowest BCUT2D eigenvalue weighted by Gasteiger charge is -2.30. The van der Waals surface area contributed by atoms with Crippen molar-refractivity contribution in [3.63, 3.8) is 0 Å². The average molecular weight is 451 g/mol. The number of nitrogens with one attached hydrogen (secondary N) is 2. The van der Waals surface area contributed by atoms with Gasteiger partial charge in [0, 0.05) is 30.5 Å². The van der Waals surface area contributed by atoms with Crippen molar-refractivity contribution in [1.29, 1.82) is 0 Å². The molecule has 0 atom stereocenters. The van der Waals surface area contributed by atoms with E-state index in [1.54, 1.807) is 54.6 Å². The highest BCUT2D eigenvalue weighted by atomic mass is 35.5. The van der Waals surface area contributed by atoms with Crippen LogP contribution in [0, 0.1) is 0 Å². The summed E-state index contributed by atoms with van der Waals surface area (Å²) in [6, 6.07) is 17.2. The van der Waals surface area contributed by atoms with E-state index in [1.807, 2.05) is 6.07 Å². The highest BCUT2D eigenvalue weighted by Crippen LogP contribution is 2.26. The fourth-order valence-electron chi connectivity index (χ4n) is 3.49. The summed E-state index contributed by atoms with van der Waals surface area (Å²) in [5.74, 6) is 0.174. The molecule has 0 spiro atoms. The van der Waals surface area contributed by atoms with Crippen LogP contribution in [-0.2, 0) is 0 Å². The molecule has 1 fully saturated rings. The Morgan fingerprint density at radius 2 is 1.66 bits per heavy atom. The number of anilines is 3. The lowest BCUT2D eigenvalue weighted by atomic mass is 10.1. The number of nitrogens with zero attached hydrogens (tertiary/aromatic N) is 2. The van der Waals surface area contributed by atoms with Crippen LogP contribution in [0.1, 0.15) is 33.6 Å². The maximum absolute atomic E-state index is 12.7. The van der Waals surface area contributed by atoms with Crippen molar-refractivity contribution < 1.29 is 14.7 Å². The van der Waals surface area contributed by atoms with Crippen molar-refractivity contribution in [2.45, 2.75) is 18.9 Å². The number of hydrogen-bond acceptors (Lipinski definition) is 5. The van der Waals surface area contributed by atoms with Crippen LogP contribution < -0.4 is 15.5 Å². The third-order valence-corrected chi connectivity index (χ3v) is 5.64. The molecule has 0 unspecified atom stereocenters. The zero-order valence-corrected chi connectivity index (χ0v) is 18.0. The zero-order chi connectivity index (χ0) is 22.5. The van der Waals surface area contributed by atoms with Gasteiger partial charge in [-0.2, -0.15) is 0 Å². The first kappa shape index (κ1) is 21.8. The van der Waals surface area contributed by atoms with E-state index in [2.05, 4.69) is 20.5 Å². The van der Waals surface area contributed by atoms with Crippen LogP contribution in [0.3, 0.4) is 0 Å². The molecule has 1 saturated heterocycles. The number of pyridine rings is 1. The molecule has 7 nitrogen and oxygen atoms in total. The summed E-state index contributed by atoms with van der Waals surface area (Å²) >= 11 is 6.22. The minimum atomic E-state index is -0.319. The molecule has 2 amide bonds. The summed E-state index contributed by atoms with van der Waals surface area (Å²) in [7, 11) is 0. The van der Waals surface area contributed by atoms with E-state index in [0.29, 0.717) is 40.4 Å². The molecule has 0 aliphatic carbocycles. The second kappa shape index (κ2) is 9.80. The molecule has 4 rings (SSSR count). The van der Waals surface area contributed by atoms with Gasteiger partial charge < -0.3 is 20.6 Å². The fraction of sp³-hybridized carbons (Fsp3) is 0.208. The smallest absolute Gasteiger partial charge is 0.257 e. The minimum absolute atomic E-state index is 0.252. The molecule has 0 saturated carbocycles. The van der Waals surface area contributed by atoms with Crippen molar-refractivity contribution in [2.24, 2.45) is 0 Å². The van der Waals surface area contributed by atoms with Gasteiger partial charge in [-0.1, -0.05) is 29.8 Å². The number of aliphatic hydroxyl groups excluding tert-OH is 1. The fourth-order valence-corrected chi connectivity index (χ4v) is 3.65.